The largest absolute Gasteiger partial charge is 0.497 e. The van der Waals surface area contributed by atoms with E-state index < -0.39 is 0 Å². The van der Waals surface area contributed by atoms with Crippen molar-refractivity contribution in [2.24, 2.45) is 0 Å². The fourth-order valence-electron chi connectivity index (χ4n) is 3.88. The van der Waals surface area contributed by atoms with Crippen LogP contribution in [-0.4, -0.2) is 75.8 Å². The molecular weight excluding hydrogens is 406 g/mol. The van der Waals surface area contributed by atoms with Crippen molar-refractivity contribution < 1.29 is 19.4 Å². The van der Waals surface area contributed by atoms with E-state index in [1.54, 1.807) is 28.1 Å². The van der Waals surface area contributed by atoms with Crippen molar-refractivity contribution in [3.63, 3.8) is 0 Å². The van der Waals surface area contributed by atoms with Gasteiger partial charge in [-0.25, -0.2) is 4.98 Å². The monoisotopic (exact) mass is 431 g/mol. The van der Waals surface area contributed by atoms with Crippen molar-refractivity contribution in [3.8, 4) is 17.4 Å². The zero-order valence-corrected chi connectivity index (χ0v) is 18.3. The van der Waals surface area contributed by atoms with E-state index in [1.165, 1.54) is 15.9 Å². The number of nitrogens with zero attached hydrogens (tertiary/aromatic N) is 5. The van der Waals surface area contributed by atoms with Gasteiger partial charge in [-0.2, -0.15) is 4.52 Å². The van der Waals surface area contributed by atoms with Gasteiger partial charge in [-0.15, -0.1) is 5.10 Å². The quantitative estimate of drug-likeness (QED) is 0.661. The molecule has 1 aliphatic heterocycles. The number of thiazole rings is 1. The molecule has 1 saturated heterocycles. The maximum Gasteiger partial charge on any atom is 0.230 e. The van der Waals surface area contributed by atoms with Crippen LogP contribution in [-0.2, 0) is 4.79 Å². The van der Waals surface area contributed by atoms with Crippen LogP contribution in [0, 0.1) is 6.92 Å². The van der Waals surface area contributed by atoms with E-state index >= 15 is 0 Å². The minimum absolute atomic E-state index is 0.0690. The highest BCUT2D eigenvalue weighted by atomic mass is 32.1. The molecule has 0 aliphatic carbocycles. The summed E-state index contributed by atoms with van der Waals surface area (Å²) in [6.45, 7) is 5.96. The number of carbonyl (C=O) groups is 1. The molecule has 1 N–H and O–H groups in total. The van der Waals surface area contributed by atoms with Crippen molar-refractivity contribution in [1.82, 2.24) is 24.4 Å². The van der Waals surface area contributed by atoms with Crippen molar-refractivity contribution in [1.29, 1.82) is 0 Å². The van der Waals surface area contributed by atoms with Crippen LogP contribution >= 0.6 is 11.3 Å². The molecule has 0 spiro atoms. The number of fused-ring (bicyclic) bond motifs is 1. The van der Waals surface area contributed by atoms with Crippen LogP contribution in [0.5, 0.6) is 17.4 Å². The van der Waals surface area contributed by atoms with Crippen LogP contribution in [0.2, 0.25) is 0 Å². The van der Waals surface area contributed by atoms with Crippen LogP contribution in [0.15, 0.2) is 18.2 Å². The average Bonchev–Trinajstić information content (AvgIpc) is 3.25. The van der Waals surface area contributed by atoms with Gasteiger partial charge in [0.15, 0.2) is 0 Å². The lowest BCUT2D eigenvalue weighted by atomic mass is 10.0. The molecule has 0 unspecified atom stereocenters. The second-order valence-electron chi connectivity index (χ2n) is 7.20. The zero-order valence-electron chi connectivity index (χ0n) is 17.5. The molecule has 4 rings (SSSR count). The van der Waals surface area contributed by atoms with Gasteiger partial charge in [-0.3, -0.25) is 9.69 Å². The number of piperazine rings is 1. The van der Waals surface area contributed by atoms with E-state index in [9.17, 15) is 9.90 Å². The van der Waals surface area contributed by atoms with Gasteiger partial charge >= 0.3 is 0 Å². The molecule has 1 amide bonds. The molecule has 0 bridgehead atoms. The second kappa shape index (κ2) is 8.11. The number of amides is 1. The first-order valence-electron chi connectivity index (χ1n) is 9.69. The Morgan fingerprint density at radius 2 is 1.93 bits per heavy atom. The SMILES string of the molecule is COc1ccc(OC)c([C@@H](c2sc3nc(C)nn3c2O)N2CCN(C(C)=O)CC2)c1. The Labute approximate surface area is 178 Å². The summed E-state index contributed by atoms with van der Waals surface area (Å²) >= 11 is 1.40. The Morgan fingerprint density at radius 1 is 1.20 bits per heavy atom. The van der Waals surface area contributed by atoms with E-state index in [0.717, 1.165) is 10.4 Å². The number of rotatable bonds is 5. The molecule has 1 fully saturated rings. The molecule has 160 valence electrons. The Kier molecular flexibility index (Phi) is 5.52. The number of methoxy groups -OCH3 is 2. The molecule has 1 atom stereocenters. The third-order valence-corrected chi connectivity index (χ3v) is 6.48. The molecule has 9 nitrogen and oxygen atoms in total. The Hall–Kier alpha value is -2.85. The van der Waals surface area contributed by atoms with Crippen LogP contribution in [0.3, 0.4) is 0 Å². The number of hydrogen-bond acceptors (Lipinski definition) is 8. The lowest BCUT2D eigenvalue weighted by Gasteiger charge is -2.39. The minimum atomic E-state index is -0.294. The van der Waals surface area contributed by atoms with Gasteiger partial charge in [-0.05, 0) is 25.1 Å². The first kappa shape index (κ1) is 20.4. The third-order valence-electron chi connectivity index (χ3n) is 5.41. The molecule has 30 heavy (non-hydrogen) atoms. The van der Waals surface area contributed by atoms with E-state index in [4.69, 9.17) is 9.47 Å². The Bertz CT molecular complexity index is 1070. The predicted octanol–water partition coefficient (Wildman–Crippen LogP) is 2.08. The van der Waals surface area contributed by atoms with Crippen LogP contribution in [0.4, 0.5) is 0 Å². The summed E-state index contributed by atoms with van der Waals surface area (Å²) in [6, 6.07) is 5.35. The van der Waals surface area contributed by atoms with Crippen LogP contribution in [0.25, 0.3) is 4.96 Å². The number of benzene rings is 1. The lowest BCUT2D eigenvalue weighted by molar-refractivity contribution is -0.130. The predicted molar refractivity (Wildman–Crippen MR) is 112 cm³/mol. The smallest absolute Gasteiger partial charge is 0.230 e. The van der Waals surface area contributed by atoms with Crippen molar-refractivity contribution in [2.45, 2.75) is 19.9 Å². The van der Waals surface area contributed by atoms with E-state index in [1.807, 2.05) is 23.1 Å². The molecule has 10 heteroatoms. The zero-order chi connectivity index (χ0) is 21.4. The van der Waals surface area contributed by atoms with Crippen molar-refractivity contribution in [3.05, 3.63) is 34.5 Å². The van der Waals surface area contributed by atoms with Gasteiger partial charge in [0, 0.05) is 38.7 Å². The first-order valence-corrected chi connectivity index (χ1v) is 10.5. The van der Waals surface area contributed by atoms with Crippen molar-refractivity contribution in [2.75, 3.05) is 40.4 Å². The van der Waals surface area contributed by atoms with E-state index in [-0.39, 0.29) is 17.8 Å². The number of hydrogen-bond donors (Lipinski definition) is 1. The summed E-state index contributed by atoms with van der Waals surface area (Å²) in [5, 5.41) is 15.3. The summed E-state index contributed by atoms with van der Waals surface area (Å²) in [5.41, 5.74) is 0.879. The molecule has 2 aromatic heterocycles. The fraction of sp³-hybridized carbons (Fsp3) is 0.450. The van der Waals surface area contributed by atoms with Crippen molar-refractivity contribution >= 4 is 22.2 Å². The lowest BCUT2D eigenvalue weighted by Crippen LogP contribution is -2.49. The summed E-state index contributed by atoms with van der Waals surface area (Å²) in [7, 11) is 3.25. The summed E-state index contributed by atoms with van der Waals surface area (Å²) in [4.78, 5) is 21.6. The topological polar surface area (TPSA) is 92.4 Å². The normalized spacial score (nSPS) is 16.1. The number of ether oxygens (including phenoxy) is 2. The maximum absolute atomic E-state index is 11.8. The van der Waals surface area contributed by atoms with Gasteiger partial charge in [0.2, 0.25) is 16.7 Å². The number of carbonyl (C=O) groups excluding carboxylic acids is 1. The van der Waals surface area contributed by atoms with Gasteiger partial charge in [0.05, 0.1) is 25.1 Å². The van der Waals surface area contributed by atoms with Crippen LogP contribution in [0.1, 0.15) is 29.2 Å². The highest BCUT2D eigenvalue weighted by Crippen LogP contribution is 2.44. The molecule has 3 aromatic rings. The van der Waals surface area contributed by atoms with Gasteiger partial charge in [-0.1, -0.05) is 11.3 Å². The number of aromatic nitrogens is 3. The fourth-order valence-corrected chi connectivity index (χ4v) is 5.03. The summed E-state index contributed by atoms with van der Waals surface area (Å²) < 4.78 is 12.6. The summed E-state index contributed by atoms with van der Waals surface area (Å²) in [6.07, 6.45) is 0. The third kappa shape index (κ3) is 3.56. The van der Waals surface area contributed by atoms with Crippen LogP contribution < -0.4 is 9.47 Å². The second-order valence-corrected chi connectivity index (χ2v) is 8.20. The van der Waals surface area contributed by atoms with Gasteiger partial charge in [0.1, 0.15) is 17.3 Å². The molecular formula is C20H25N5O4S. The highest BCUT2D eigenvalue weighted by Gasteiger charge is 2.34. The Morgan fingerprint density at radius 3 is 2.53 bits per heavy atom. The summed E-state index contributed by atoms with van der Waals surface area (Å²) in [5.74, 6) is 2.15. The number of aromatic hydroxyl groups is 1. The van der Waals surface area contributed by atoms with E-state index in [0.29, 0.717) is 48.5 Å². The van der Waals surface area contributed by atoms with Gasteiger partial charge < -0.3 is 19.5 Å². The number of aryl methyl sites for hydroxylation is 1. The molecule has 1 aromatic carbocycles. The molecule has 0 radical (unpaired) electrons. The average molecular weight is 432 g/mol. The molecule has 1 aliphatic rings. The minimum Gasteiger partial charge on any atom is -0.497 e. The maximum atomic E-state index is 11.8. The van der Waals surface area contributed by atoms with E-state index in [2.05, 4.69) is 15.0 Å². The Balaban J connectivity index is 1.82. The molecule has 0 saturated carbocycles. The standard InChI is InChI=1S/C20H25N5O4S/c1-12-21-20-25(22-12)19(27)18(30-20)17(24-9-7-23(8-10-24)13(2)26)15-11-14(28-3)5-6-16(15)29-4/h5-6,11,17,27H,7-10H2,1-4H3/t17-/m0/s1. The highest BCUT2D eigenvalue weighted by molar-refractivity contribution is 7.17. The van der Waals surface area contributed by atoms with Gasteiger partial charge in [0.25, 0.3) is 0 Å². The first-order chi connectivity index (χ1) is 14.4. The molecule has 3 heterocycles.